The number of benzene rings is 10. The van der Waals surface area contributed by atoms with Crippen molar-refractivity contribution in [2.75, 3.05) is 4.90 Å². The summed E-state index contributed by atoms with van der Waals surface area (Å²) in [7, 11) is 0. The van der Waals surface area contributed by atoms with Gasteiger partial charge in [0.1, 0.15) is 0 Å². The number of rotatable bonds is 5. The van der Waals surface area contributed by atoms with Gasteiger partial charge in [-0.05, 0) is 115 Å². The number of thiophene rings is 2. The molecule has 10 aromatic carbocycles. The van der Waals surface area contributed by atoms with Crippen LogP contribution in [0.4, 0.5) is 17.1 Å². The van der Waals surface area contributed by atoms with Crippen LogP contribution in [-0.2, 0) is 5.41 Å². The van der Waals surface area contributed by atoms with E-state index in [9.17, 15) is 0 Å². The van der Waals surface area contributed by atoms with Crippen molar-refractivity contribution < 1.29 is 0 Å². The van der Waals surface area contributed by atoms with Gasteiger partial charge >= 0.3 is 0 Å². The molecule has 12 aromatic rings. The molecular formula is C61H37NS2. The molecule has 0 saturated heterocycles. The second-order valence-electron chi connectivity index (χ2n) is 17.1. The highest BCUT2D eigenvalue weighted by Gasteiger charge is 2.51. The van der Waals surface area contributed by atoms with E-state index in [4.69, 9.17) is 0 Å². The summed E-state index contributed by atoms with van der Waals surface area (Å²) in [4.78, 5) is 2.49. The Bertz CT molecular complexity index is 3660. The molecule has 0 radical (unpaired) electrons. The fourth-order valence-corrected chi connectivity index (χ4v) is 13.7. The average molecular weight is 848 g/mol. The van der Waals surface area contributed by atoms with Gasteiger partial charge in [0.2, 0.25) is 0 Å². The Balaban J connectivity index is 1.01. The highest BCUT2D eigenvalue weighted by atomic mass is 32.1. The molecule has 0 N–H and O–H groups in total. The molecule has 1 nitrogen and oxygen atoms in total. The quantitative estimate of drug-likeness (QED) is 0.167. The molecule has 3 heteroatoms. The van der Waals surface area contributed by atoms with Crippen molar-refractivity contribution in [3.8, 4) is 44.5 Å². The molecule has 2 aliphatic carbocycles. The maximum atomic E-state index is 2.51. The Morgan fingerprint density at radius 2 is 0.672 bits per heavy atom. The average Bonchev–Trinajstić information content (AvgIpc) is 4.10. The van der Waals surface area contributed by atoms with Crippen molar-refractivity contribution in [1.82, 2.24) is 0 Å². The zero-order chi connectivity index (χ0) is 41.9. The third kappa shape index (κ3) is 4.99. The van der Waals surface area contributed by atoms with Crippen LogP contribution in [0.15, 0.2) is 224 Å². The van der Waals surface area contributed by atoms with Crippen LogP contribution in [0.5, 0.6) is 0 Å². The zero-order valence-electron chi connectivity index (χ0n) is 34.6. The topological polar surface area (TPSA) is 3.24 Å². The Morgan fingerprint density at radius 1 is 0.281 bits per heavy atom. The molecule has 298 valence electrons. The first-order chi connectivity index (χ1) is 31.7. The van der Waals surface area contributed by atoms with Gasteiger partial charge in [0, 0.05) is 57.4 Å². The van der Waals surface area contributed by atoms with Crippen LogP contribution in [-0.4, -0.2) is 0 Å². The lowest BCUT2D eigenvalue weighted by Crippen LogP contribution is -2.26. The largest absolute Gasteiger partial charge is 0.310 e. The summed E-state index contributed by atoms with van der Waals surface area (Å²) in [5.41, 5.74) is 18.4. The van der Waals surface area contributed by atoms with Crippen molar-refractivity contribution in [1.29, 1.82) is 0 Å². The van der Waals surface area contributed by atoms with Gasteiger partial charge in [-0.25, -0.2) is 0 Å². The summed E-state index contributed by atoms with van der Waals surface area (Å²) in [5, 5.41) is 5.25. The molecular weight excluding hydrogens is 811 g/mol. The van der Waals surface area contributed by atoms with Crippen LogP contribution in [0.2, 0.25) is 0 Å². The van der Waals surface area contributed by atoms with E-state index in [-0.39, 0.29) is 0 Å². The summed E-state index contributed by atoms with van der Waals surface area (Å²) < 4.78 is 5.27. The smallest absolute Gasteiger partial charge is 0.0726 e. The van der Waals surface area contributed by atoms with Gasteiger partial charge in [0.25, 0.3) is 0 Å². The van der Waals surface area contributed by atoms with Crippen LogP contribution in [0, 0.1) is 0 Å². The number of nitrogens with zero attached hydrogens (tertiary/aromatic N) is 1. The molecule has 0 fully saturated rings. The SMILES string of the molecule is c1cc(-c2cccc3c2sc2ccccc23)cc(N(c2cccc(-c3cccc4c3sc3ccccc34)c2)c2ccc3c(c2)C2(c4ccccc4-c4ccccc42)c2ccccc2-3)c1. The standard InChI is InChI=1S/C61H37NS2/c1-6-28-53-45(19-1)46-20-2-7-29-54(46)61(53)55-30-8-3-21-47(55)48-34-33-42(37-56(48)61)62(40-17-11-15-38(35-40)43-24-13-26-51-49-22-4-9-31-57(49)63-59(43)51)41-18-12-16-39(36-41)44-25-14-27-52-50-23-5-10-32-58(50)64-60(44)52/h1-37H. The summed E-state index contributed by atoms with van der Waals surface area (Å²) >= 11 is 3.77. The number of anilines is 3. The van der Waals surface area contributed by atoms with E-state index in [1.807, 2.05) is 22.7 Å². The summed E-state index contributed by atoms with van der Waals surface area (Å²) in [5.74, 6) is 0. The van der Waals surface area contributed by atoms with Gasteiger partial charge in [0.05, 0.1) is 5.41 Å². The van der Waals surface area contributed by atoms with E-state index >= 15 is 0 Å². The fourth-order valence-electron chi connectivity index (χ4n) is 11.2. The summed E-state index contributed by atoms with van der Waals surface area (Å²) in [6.45, 7) is 0. The molecule has 0 saturated carbocycles. The monoisotopic (exact) mass is 847 g/mol. The minimum absolute atomic E-state index is 0.446. The molecule has 0 bridgehead atoms. The van der Waals surface area contributed by atoms with E-state index < -0.39 is 5.41 Å². The van der Waals surface area contributed by atoms with Crippen molar-refractivity contribution in [3.05, 3.63) is 247 Å². The van der Waals surface area contributed by atoms with Crippen LogP contribution in [0.25, 0.3) is 84.9 Å². The third-order valence-electron chi connectivity index (χ3n) is 13.9. The van der Waals surface area contributed by atoms with Crippen molar-refractivity contribution in [2.24, 2.45) is 0 Å². The predicted octanol–water partition coefficient (Wildman–Crippen LogP) is 17.6. The van der Waals surface area contributed by atoms with E-state index in [0.717, 1.165) is 17.1 Å². The van der Waals surface area contributed by atoms with Crippen LogP contribution in [0.1, 0.15) is 22.3 Å². The van der Waals surface area contributed by atoms with E-state index in [1.54, 1.807) is 0 Å². The van der Waals surface area contributed by atoms with E-state index in [2.05, 4.69) is 229 Å². The maximum absolute atomic E-state index is 2.51. The highest BCUT2D eigenvalue weighted by Crippen LogP contribution is 2.63. The van der Waals surface area contributed by atoms with Crippen LogP contribution in [0.3, 0.4) is 0 Å². The molecule has 0 aliphatic heterocycles. The highest BCUT2D eigenvalue weighted by molar-refractivity contribution is 7.26. The first kappa shape index (κ1) is 36.0. The zero-order valence-corrected chi connectivity index (χ0v) is 36.3. The van der Waals surface area contributed by atoms with Crippen molar-refractivity contribution >= 4 is 80.1 Å². The Kier molecular flexibility index (Phi) is 7.71. The van der Waals surface area contributed by atoms with Crippen LogP contribution < -0.4 is 4.90 Å². The Morgan fingerprint density at radius 3 is 1.19 bits per heavy atom. The molecule has 0 amide bonds. The number of fused-ring (bicyclic) bond motifs is 16. The lowest BCUT2D eigenvalue weighted by atomic mass is 9.70. The molecule has 2 heterocycles. The molecule has 14 rings (SSSR count). The van der Waals surface area contributed by atoms with Crippen molar-refractivity contribution in [3.63, 3.8) is 0 Å². The van der Waals surface area contributed by atoms with Crippen LogP contribution >= 0.6 is 22.7 Å². The maximum Gasteiger partial charge on any atom is 0.0726 e. The van der Waals surface area contributed by atoms with Gasteiger partial charge in [-0.1, -0.05) is 176 Å². The Hall–Kier alpha value is -7.56. The van der Waals surface area contributed by atoms with Gasteiger partial charge in [0.15, 0.2) is 0 Å². The summed E-state index contributed by atoms with van der Waals surface area (Å²) in [6, 6.07) is 84.0. The third-order valence-corrected chi connectivity index (χ3v) is 16.3. The molecule has 0 atom stereocenters. The lowest BCUT2D eigenvalue weighted by Gasteiger charge is -2.32. The first-order valence-corrected chi connectivity index (χ1v) is 23.6. The van der Waals surface area contributed by atoms with Gasteiger partial charge in [-0.15, -0.1) is 22.7 Å². The molecule has 2 aliphatic rings. The number of hydrogen-bond acceptors (Lipinski definition) is 3. The minimum Gasteiger partial charge on any atom is -0.310 e. The minimum atomic E-state index is -0.446. The Labute approximate surface area is 379 Å². The van der Waals surface area contributed by atoms with Gasteiger partial charge in [-0.3, -0.25) is 0 Å². The molecule has 0 unspecified atom stereocenters. The summed E-state index contributed by atoms with van der Waals surface area (Å²) in [6.07, 6.45) is 0. The van der Waals surface area contributed by atoms with E-state index in [1.165, 1.54) is 107 Å². The van der Waals surface area contributed by atoms with Crippen molar-refractivity contribution in [2.45, 2.75) is 5.41 Å². The molecule has 64 heavy (non-hydrogen) atoms. The fraction of sp³-hybridized carbons (Fsp3) is 0.0164. The van der Waals surface area contributed by atoms with E-state index in [0.29, 0.717) is 0 Å². The first-order valence-electron chi connectivity index (χ1n) is 22.0. The predicted molar refractivity (Wildman–Crippen MR) is 274 cm³/mol. The number of hydrogen-bond donors (Lipinski definition) is 0. The lowest BCUT2D eigenvalue weighted by molar-refractivity contribution is 0.793. The van der Waals surface area contributed by atoms with Gasteiger partial charge in [-0.2, -0.15) is 0 Å². The van der Waals surface area contributed by atoms with Gasteiger partial charge < -0.3 is 4.90 Å². The second-order valence-corrected chi connectivity index (χ2v) is 19.2. The normalized spacial score (nSPS) is 13.1. The molecule has 1 spiro atoms. The second kappa shape index (κ2) is 13.7. The molecule has 2 aromatic heterocycles.